The lowest BCUT2D eigenvalue weighted by Crippen LogP contribution is -2.34. The van der Waals surface area contributed by atoms with Gasteiger partial charge in [-0.1, -0.05) is 13.0 Å². The second kappa shape index (κ2) is 11.8. The summed E-state index contributed by atoms with van der Waals surface area (Å²) in [6.07, 6.45) is 2.98. The molecule has 0 aliphatic carbocycles. The molecule has 1 amide bonds. The fourth-order valence-electron chi connectivity index (χ4n) is 3.25. The Kier molecular flexibility index (Phi) is 9.59. The summed E-state index contributed by atoms with van der Waals surface area (Å²) < 4.78 is 31.4. The summed E-state index contributed by atoms with van der Waals surface area (Å²) in [6, 6.07) is 4.52. The maximum Gasteiger partial charge on any atom is 0.306 e. The maximum absolute atomic E-state index is 13.3. The van der Waals surface area contributed by atoms with Gasteiger partial charge in [-0.2, -0.15) is 0 Å². The lowest BCUT2D eigenvalue weighted by atomic mass is 10.1. The zero-order chi connectivity index (χ0) is 26.4. The molecule has 0 radical (unpaired) electrons. The molecule has 35 heavy (non-hydrogen) atoms. The van der Waals surface area contributed by atoms with E-state index >= 15 is 0 Å². The number of esters is 1. The van der Waals surface area contributed by atoms with Crippen LogP contribution in [0.3, 0.4) is 0 Å². The fourth-order valence-corrected chi connectivity index (χ4v) is 4.17. The van der Waals surface area contributed by atoms with E-state index in [4.69, 9.17) is 15.3 Å². The molecule has 0 unspecified atom stereocenters. The third-order valence-corrected chi connectivity index (χ3v) is 6.68. The standard InChI is InChI=1S/C24H36N4O6S/c1-7-12-28(33-13-8-9-22(29)34-24(2,3)4)23(30)18-14-17-10-11-19(35(31,32)27(5)6)16-20(17)26-21(25)15-18/h10-11,14,16H,7-9,12-13,15H2,1-6H3,(H2,25,26). The van der Waals surface area contributed by atoms with Gasteiger partial charge in [-0.05, 0) is 51.8 Å². The molecule has 0 saturated carbocycles. The van der Waals surface area contributed by atoms with Crippen molar-refractivity contribution in [2.45, 2.75) is 63.9 Å². The normalized spacial score (nSPS) is 14.0. The number of hydroxylamine groups is 2. The molecule has 1 aromatic carbocycles. The van der Waals surface area contributed by atoms with Gasteiger partial charge >= 0.3 is 5.97 Å². The molecular formula is C24H36N4O6S. The molecule has 0 bridgehead atoms. The van der Waals surface area contributed by atoms with Gasteiger partial charge in [0.15, 0.2) is 0 Å². The molecule has 2 rings (SSSR count). The van der Waals surface area contributed by atoms with Gasteiger partial charge in [0, 0.05) is 44.6 Å². The van der Waals surface area contributed by atoms with Crippen LogP contribution in [-0.2, 0) is 29.2 Å². The number of nitrogens with two attached hydrogens (primary N) is 1. The summed E-state index contributed by atoms with van der Waals surface area (Å²) in [4.78, 5) is 35.3. The number of nitrogens with zero attached hydrogens (tertiary/aromatic N) is 3. The zero-order valence-electron chi connectivity index (χ0n) is 21.3. The largest absolute Gasteiger partial charge is 0.460 e. The first-order valence-corrected chi connectivity index (χ1v) is 13.0. The highest BCUT2D eigenvalue weighted by atomic mass is 32.2. The highest BCUT2D eigenvalue weighted by Gasteiger charge is 2.24. The van der Waals surface area contributed by atoms with Crippen LogP contribution >= 0.6 is 0 Å². The van der Waals surface area contributed by atoms with Gasteiger partial charge in [-0.3, -0.25) is 14.4 Å². The van der Waals surface area contributed by atoms with Crippen LogP contribution in [0.5, 0.6) is 0 Å². The van der Waals surface area contributed by atoms with Crippen LogP contribution in [0.25, 0.3) is 6.08 Å². The second-order valence-electron chi connectivity index (χ2n) is 9.39. The minimum Gasteiger partial charge on any atom is -0.460 e. The molecule has 194 valence electrons. The number of hydrogen-bond donors (Lipinski definition) is 1. The number of fused-ring (bicyclic) bond motifs is 1. The molecule has 0 aromatic heterocycles. The fraction of sp³-hybridized carbons (Fsp3) is 0.542. The first-order chi connectivity index (χ1) is 16.2. The number of carbonyl (C=O) groups excluding carboxylic acids is 2. The van der Waals surface area contributed by atoms with Crippen LogP contribution < -0.4 is 5.73 Å². The van der Waals surface area contributed by atoms with Crippen molar-refractivity contribution in [2.75, 3.05) is 27.2 Å². The van der Waals surface area contributed by atoms with E-state index < -0.39 is 15.6 Å². The number of amides is 1. The van der Waals surface area contributed by atoms with E-state index in [1.807, 2.05) is 6.92 Å². The number of hydrogen-bond acceptors (Lipinski definition) is 8. The molecule has 0 fully saturated rings. The number of benzene rings is 1. The first-order valence-electron chi connectivity index (χ1n) is 11.5. The minimum absolute atomic E-state index is 0.0851. The number of amidine groups is 1. The van der Waals surface area contributed by atoms with Crippen LogP contribution in [0.4, 0.5) is 5.69 Å². The van der Waals surface area contributed by atoms with Crippen molar-refractivity contribution in [1.82, 2.24) is 9.37 Å². The smallest absolute Gasteiger partial charge is 0.306 e. The van der Waals surface area contributed by atoms with Crippen LogP contribution in [0.1, 0.15) is 58.9 Å². The quantitative estimate of drug-likeness (QED) is 0.292. The molecule has 2 N–H and O–H groups in total. The Morgan fingerprint density at radius 1 is 1.20 bits per heavy atom. The van der Waals surface area contributed by atoms with Crippen molar-refractivity contribution in [3.63, 3.8) is 0 Å². The van der Waals surface area contributed by atoms with Crippen LogP contribution in [-0.4, -0.2) is 68.3 Å². The van der Waals surface area contributed by atoms with Gasteiger partial charge < -0.3 is 10.5 Å². The molecule has 10 nitrogen and oxygen atoms in total. The summed E-state index contributed by atoms with van der Waals surface area (Å²) in [6.45, 7) is 7.86. The third kappa shape index (κ3) is 8.15. The third-order valence-electron chi connectivity index (χ3n) is 4.87. The minimum atomic E-state index is -3.65. The van der Waals surface area contributed by atoms with E-state index in [0.717, 1.165) is 4.31 Å². The summed E-state index contributed by atoms with van der Waals surface area (Å²) in [5.74, 6) is -0.499. The van der Waals surface area contributed by atoms with E-state index in [1.165, 1.54) is 31.3 Å². The zero-order valence-corrected chi connectivity index (χ0v) is 22.1. The van der Waals surface area contributed by atoms with Crippen molar-refractivity contribution in [3.8, 4) is 0 Å². The van der Waals surface area contributed by atoms with Crippen molar-refractivity contribution in [2.24, 2.45) is 10.7 Å². The lowest BCUT2D eigenvalue weighted by molar-refractivity contribution is -0.183. The summed E-state index contributed by atoms with van der Waals surface area (Å²) in [5.41, 5.74) is 6.83. The summed E-state index contributed by atoms with van der Waals surface area (Å²) >= 11 is 0. The Morgan fingerprint density at radius 2 is 1.89 bits per heavy atom. The van der Waals surface area contributed by atoms with Crippen LogP contribution in [0.15, 0.2) is 33.7 Å². The SMILES string of the molecule is CCCN(OCCCC(=O)OC(C)(C)C)C(=O)C1=Cc2ccc(S(=O)(=O)N(C)C)cc2N=C(N)C1. The van der Waals surface area contributed by atoms with E-state index in [9.17, 15) is 18.0 Å². The number of sulfonamides is 1. The summed E-state index contributed by atoms with van der Waals surface area (Å²) in [5, 5.41) is 1.27. The molecular weight excluding hydrogens is 472 g/mol. The number of carbonyl (C=O) groups is 2. The molecule has 0 saturated heterocycles. The average molecular weight is 509 g/mol. The van der Waals surface area contributed by atoms with Crippen LogP contribution in [0.2, 0.25) is 0 Å². The second-order valence-corrected chi connectivity index (χ2v) is 11.5. The van der Waals surface area contributed by atoms with E-state index in [1.54, 1.807) is 32.9 Å². The van der Waals surface area contributed by atoms with Crippen molar-refractivity contribution in [1.29, 1.82) is 0 Å². The van der Waals surface area contributed by atoms with Crippen molar-refractivity contribution >= 4 is 39.5 Å². The Balaban J connectivity index is 2.17. The van der Waals surface area contributed by atoms with Crippen molar-refractivity contribution in [3.05, 3.63) is 29.3 Å². The Morgan fingerprint density at radius 3 is 2.49 bits per heavy atom. The van der Waals surface area contributed by atoms with Gasteiger partial charge in [0.25, 0.3) is 5.91 Å². The number of ether oxygens (including phenoxy) is 1. The molecule has 11 heteroatoms. The molecule has 1 aliphatic rings. The maximum atomic E-state index is 13.3. The molecule has 1 aromatic rings. The molecule has 1 heterocycles. The van der Waals surface area contributed by atoms with Gasteiger partial charge in [0.1, 0.15) is 11.4 Å². The summed E-state index contributed by atoms with van der Waals surface area (Å²) in [7, 11) is -0.746. The Labute approximate surface area is 207 Å². The van der Waals surface area contributed by atoms with E-state index in [2.05, 4.69) is 4.99 Å². The predicted molar refractivity (Wildman–Crippen MR) is 134 cm³/mol. The average Bonchev–Trinajstić information content (AvgIpc) is 2.91. The lowest BCUT2D eigenvalue weighted by Gasteiger charge is -2.23. The van der Waals surface area contributed by atoms with Gasteiger partial charge in [-0.15, -0.1) is 0 Å². The highest BCUT2D eigenvalue weighted by Crippen LogP contribution is 2.30. The first kappa shape index (κ1) is 28.5. The van der Waals surface area contributed by atoms with Gasteiger partial charge in [-0.25, -0.2) is 22.8 Å². The van der Waals surface area contributed by atoms with E-state index in [0.29, 0.717) is 36.2 Å². The van der Waals surface area contributed by atoms with E-state index in [-0.39, 0.29) is 42.1 Å². The Hall–Kier alpha value is -2.76. The number of aliphatic imine (C=N–C) groups is 1. The van der Waals surface area contributed by atoms with Gasteiger partial charge in [0.05, 0.1) is 17.2 Å². The monoisotopic (exact) mass is 508 g/mol. The van der Waals surface area contributed by atoms with Crippen molar-refractivity contribution < 1.29 is 27.6 Å². The highest BCUT2D eigenvalue weighted by molar-refractivity contribution is 7.89. The number of rotatable bonds is 10. The topological polar surface area (TPSA) is 132 Å². The molecule has 0 atom stereocenters. The molecule has 0 spiro atoms. The van der Waals surface area contributed by atoms with Crippen LogP contribution in [0, 0.1) is 0 Å². The van der Waals surface area contributed by atoms with Gasteiger partial charge in [0.2, 0.25) is 10.0 Å². The molecule has 1 aliphatic heterocycles. The Bertz CT molecular complexity index is 1100. The predicted octanol–water partition coefficient (Wildman–Crippen LogP) is 3.00.